The molecule has 1 N–H and O–H groups in total. The number of Topliss-reactive ketones (excluding diaryl/α,β-unsaturated/α-hetero) is 1. The van der Waals surface area contributed by atoms with Crippen molar-refractivity contribution >= 4 is 5.78 Å². The summed E-state index contributed by atoms with van der Waals surface area (Å²) in [4.78, 5) is 10.7. The molecule has 66 valence electrons. The lowest BCUT2D eigenvalue weighted by molar-refractivity contribution is -0.123. The van der Waals surface area contributed by atoms with Gasteiger partial charge in [-0.05, 0) is 13.8 Å². The molecule has 0 aliphatic heterocycles. The van der Waals surface area contributed by atoms with Crippen molar-refractivity contribution in [2.24, 2.45) is 0 Å². The Kier molecular flexibility index (Phi) is 6.07. The minimum atomic E-state index is 0.149. The third kappa shape index (κ3) is 7.49. The molecule has 0 aliphatic carbocycles. The van der Waals surface area contributed by atoms with E-state index in [1.165, 1.54) is 0 Å². The summed E-state index contributed by atoms with van der Waals surface area (Å²) >= 11 is 0. The first-order valence-corrected chi connectivity index (χ1v) is 3.99. The number of carbonyl (C=O) groups is 1. The summed E-state index contributed by atoms with van der Waals surface area (Å²) in [6.07, 6.45) is 0.557. The van der Waals surface area contributed by atoms with E-state index in [2.05, 4.69) is 5.32 Å². The average molecular weight is 159 g/mol. The molecule has 3 heteroatoms. The van der Waals surface area contributed by atoms with Crippen molar-refractivity contribution in [2.75, 3.05) is 13.3 Å². The Hall–Kier alpha value is -0.410. The van der Waals surface area contributed by atoms with Gasteiger partial charge in [0, 0.05) is 12.5 Å². The second kappa shape index (κ2) is 6.31. The van der Waals surface area contributed by atoms with Crippen molar-refractivity contribution in [2.45, 2.75) is 33.2 Å². The highest BCUT2D eigenvalue weighted by Gasteiger charge is 1.97. The van der Waals surface area contributed by atoms with Crippen molar-refractivity contribution in [3.05, 3.63) is 0 Å². The number of nitrogens with one attached hydrogen (secondary N) is 1. The minimum absolute atomic E-state index is 0.149. The van der Waals surface area contributed by atoms with Crippen LogP contribution in [-0.2, 0) is 9.53 Å². The third-order valence-electron chi connectivity index (χ3n) is 1.25. The number of hydrogen-bond acceptors (Lipinski definition) is 3. The Morgan fingerprint density at radius 1 is 1.55 bits per heavy atom. The SMILES string of the molecule is CCC(=O)COCNC(C)C. The molecule has 0 fully saturated rings. The number of ketones is 1. The first-order valence-electron chi connectivity index (χ1n) is 3.99. The Balaban J connectivity index is 3.08. The van der Waals surface area contributed by atoms with Crippen molar-refractivity contribution in [1.82, 2.24) is 5.32 Å². The zero-order valence-electron chi connectivity index (χ0n) is 7.52. The van der Waals surface area contributed by atoms with Crippen LogP contribution in [0, 0.1) is 0 Å². The van der Waals surface area contributed by atoms with Gasteiger partial charge in [-0.3, -0.25) is 10.1 Å². The van der Waals surface area contributed by atoms with Crippen LogP contribution in [0.4, 0.5) is 0 Å². The molecule has 0 aromatic heterocycles. The monoisotopic (exact) mass is 159 g/mol. The van der Waals surface area contributed by atoms with Crippen LogP contribution >= 0.6 is 0 Å². The molecule has 0 aromatic carbocycles. The smallest absolute Gasteiger partial charge is 0.158 e. The van der Waals surface area contributed by atoms with E-state index >= 15 is 0 Å². The molecule has 0 rings (SSSR count). The highest BCUT2D eigenvalue weighted by Crippen LogP contribution is 1.82. The normalized spacial score (nSPS) is 10.5. The van der Waals surface area contributed by atoms with Crippen LogP contribution in [0.15, 0.2) is 0 Å². The maximum Gasteiger partial charge on any atom is 0.158 e. The van der Waals surface area contributed by atoms with Crippen LogP contribution < -0.4 is 5.32 Å². The predicted octanol–water partition coefficient (Wildman–Crippen LogP) is 0.938. The van der Waals surface area contributed by atoms with Gasteiger partial charge in [0.05, 0.1) is 6.73 Å². The van der Waals surface area contributed by atoms with Crippen molar-refractivity contribution < 1.29 is 9.53 Å². The molecule has 0 radical (unpaired) electrons. The summed E-state index contributed by atoms with van der Waals surface area (Å²) < 4.78 is 5.04. The zero-order chi connectivity index (χ0) is 8.69. The third-order valence-corrected chi connectivity index (χ3v) is 1.25. The lowest BCUT2D eigenvalue weighted by Crippen LogP contribution is -2.26. The highest BCUT2D eigenvalue weighted by atomic mass is 16.5. The maximum absolute atomic E-state index is 10.7. The van der Waals surface area contributed by atoms with E-state index in [4.69, 9.17) is 4.74 Å². The lowest BCUT2D eigenvalue weighted by Gasteiger charge is -2.07. The number of ether oxygens (including phenoxy) is 1. The van der Waals surface area contributed by atoms with Gasteiger partial charge < -0.3 is 4.74 Å². The second-order valence-corrected chi connectivity index (χ2v) is 2.74. The van der Waals surface area contributed by atoms with Crippen LogP contribution in [-0.4, -0.2) is 25.2 Å². The van der Waals surface area contributed by atoms with Crippen LogP contribution in [0.3, 0.4) is 0 Å². The number of carbonyl (C=O) groups excluding carboxylic acids is 1. The fraction of sp³-hybridized carbons (Fsp3) is 0.875. The van der Waals surface area contributed by atoms with E-state index < -0.39 is 0 Å². The van der Waals surface area contributed by atoms with Crippen LogP contribution in [0.1, 0.15) is 27.2 Å². The largest absolute Gasteiger partial charge is 0.359 e. The molecule has 0 aromatic rings. The molecule has 0 aliphatic rings. The van der Waals surface area contributed by atoms with Crippen molar-refractivity contribution in [1.29, 1.82) is 0 Å². The van der Waals surface area contributed by atoms with Crippen LogP contribution in [0.5, 0.6) is 0 Å². The van der Waals surface area contributed by atoms with Gasteiger partial charge in [0.1, 0.15) is 6.61 Å². The lowest BCUT2D eigenvalue weighted by atomic mass is 10.3. The number of hydrogen-bond donors (Lipinski definition) is 1. The van der Waals surface area contributed by atoms with E-state index in [9.17, 15) is 4.79 Å². The van der Waals surface area contributed by atoms with E-state index in [0.29, 0.717) is 19.2 Å². The van der Waals surface area contributed by atoms with E-state index in [-0.39, 0.29) is 12.4 Å². The second-order valence-electron chi connectivity index (χ2n) is 2.74. The van der Waals surface area contributed by atoms with Crippen LogP contribution in [0.25, 0.3) is 0 Å². The standard InChI is InChI=1S/C8H17NO2/c1-4-8(10)5-11-6-9-7(2)3/h7,9H,4-6H2,1-3H3. The summed E-state index contributed by atoms with van der Waals surface area (Å²) in [5, 5.41) is 3.05. The van der Waals surface area contributed by atoms with Gasteiger partial charge in [0.2, 0.25) is 0 Å². The molecule has 0 saturated heterocycles. The van der Waals surface area contributed by atoms with Crippen LogP contribution in [0.2, 0.25) is 0 Å². The highest BCUT2D eigenvalue weighted by molar-refractivity contribution is 5.79. The molecule has 0 bridgehead atoms. The Labute approximate surface area is 68.1 Å². The minimum Gasteiger partial charge on any atom is -0.359 e. The summed E-state index contributed by atoms with van der Waals surface area (Å²) in [5.74, 6) is 0.149. The summed E-state index contributed by atoms with van der Waals surface area (Å²) in [7, 11) is 0. The van der Waals surface area contributed by atoms with Gasteiger partial charge in [-0.1, -0.05) is 6.92 Å². The fourth-order valence-electron chi connectivity index (χ4n) is 0.493. The zero-order valence-corrected chi connectivity index (χ0v) is 7.52. The molecule has 11 heavy (non-hydrogen) atoms. The molecular formula is C8H17NO2. The first kappa shape index (κ1) is 10.6. The van der Waals surface area contributed by atoms with Gasteiger partial charge in [0.15, 0.2) is 5.78 Å². The molecule has 0 amide bonds. The molecule has 0 atom stereocenters. The van der Waals surface area contributed by atoms with Crippen molar-refractivity contribution in [3.8, 4) is 0 Å². The molecule has 0 heterocycles. The van der Waals surface area contributed by atoms with Gasteiger partial charge >= 0.3 is 0 Å². The van der Waals surface area contributed by atoms with E-state index in [0.717, 1.165) is 0 Å². The first-order chi connectivity index (χ1) is 5.16. The van der Waals surface area contributed by atoms with Gasteiger partial charge in [-0.15, -0.1) is 0 Å². The summed E-state index contributed by atoms with van der Waals surface area (Å²) in [5.41, 5.74) is 0. The molecule has 0 unspecified atom stereocenters. The van der Waals surface area contributed by atoms with Gasteiger partial charge in [0.25, 0.3) is 0 Å². The number of rotatable bonds is 6. The van der Waals surface area contributed by atoms with Crippen molar-refractivity contribution in [3.63, 3.8) is 0 Å². The molecule has 0 saturated carbocycles. The molecular weight excluding hydrogens is 142 g/mol. The Morgan fingerprint density at radius 2 is 2.18 bits per heavy atom. The van der Waals surface area contributed by atoms with E-state index in [1.54, 1.807) is 0 Å². The fourth-order valence-corrected chi connectivity index (χ4v) is 0.493. The quantitative estimate of drug-likeness (QED) is 0.463. The Bertz CT molecular complexity index is 113. The summed E-state index contributed by atoms with van der Waals surface area (Å²) in [6, 6.07) is 0.409. The Morgan fingerprint density at radius 3 is 2.64 bits per heavy atom. The topological polar surface area (TPSA) is 38.3 Å². The molecule has 3 nitrogen and oxygen atoms in total. The van der Waals surface area contributed by atoms with E-state index in [1.807, 2.05) is 20.8 Å². The average Bonchev–Trinajstić information content (AvgIpc) is 1.97. The van der Waals surface area contributed by atoms with Gasteiger partial charge in [-0.25, -0.2) is 0 Å². The van der Waals surface area contributed by atoms with Gasteiger partial charge in [-0.2, -0.15) is 0 Å². The maximum atomic E-state index is 10.7. The summed E-state index contributed by atoms with van der Waals surface area (Å²) in [6.45, 7) is 6.59. The molecule has 0 spiro atoms. The predicted molar refractivity (Wildman–Crippen MR) is 44.4 cm³/mol.